The minimum Gasteiger partial charge on any atom is -0.489 e. The van der Waals surface area contributed by atoms with Crippen LogP contribution in [0.3, 0.4) is 0 Å². The number of ether oxygens (including phenoxy) is 1. The van der Waals surface area contributed by atoms with E-state index in [0.717, 1.165) is 28.0 Å². The summed E-state index contributed by atoms with van der Waals surface area (Å²) in [7, 11) is 0. The van der Waals surface area contributed by atoms with Crippen molar-refractivity contribution >= 4 is 6.21 Å². The molecular weight excluding hydrogens is 238 g/mol. The molecular formula is C16H16NO2. The van der Waals surface area contributed by atoms with Crippen molar-refractivity contribution in [2.75, 3.05) is 0 Å². The molecule has 0 aliphatic rings. The van der Waals surface area contributed by atoms with Gasteiger partial charge < -0.3 is 9.94 Å². The van der Waals surface area contributed by atoms with Gasteiger partial charge in [-0.05, 0) is 36.6 Å². The van der Waals surface area contributed by atoms with E-state index in [4.69, 9.17) is 9.94 Å². The van der Waals surface area contributed by atoms with Crippen molar-refractivity contribution in [3.8, 4) is 5.75 Å². The minimum atomic E-state index is 0.420. The number of hydrogen-bond donors (Lipinski definition) is 1. The van der Waals surface area contributed by atoms with Crippen LogP contribution >= 0.6 is 0 Å². The van der Waals surface area contributed by atoms with E-state index in [0.29, 0.717) is 6.61 Å². The highest BCUT2D eigenvalue weighted by molar-refractivity contribution is 5.81. The van der Waals surface area contributed by atoms with Crippen molar-refractivity contribution in [2.45, 2.75) is 20.5 Å². The van der Waals surface area contributed by atoms with Crippen LogP contribution in [0, 0.1) is 13.8 Å². The van der Waals surface area contributed by atoms with Gasteiger partial charge in [-0.3, -0.25) is 0 Å². The molecule has 0 aliphatic carbocycles. The van der Waals surface area contributed by atoms with Crippen molar-refractivity contribution in [3.05, 3.63) is 64.7 Å². The van der Waals surface area contributed by atoms with Crippen LogP contribution in [0.15, 0.2) is 47.6 Å². The topological polar surface area (TPSA) is 41.8 Å². The first-order chi connectivity index (χ1) is 9.20. The van der Waals surface area contributed by atoms with Crippen molar-refractivity contribution in [1.29, 1.82) is 0 Å². The molecule has 0 spiro atoms. The van der Waals surface area contributed by atoms with Crippen LogP contribution in [0.25, 0.3) is 0 Å². The van der Waals surface area contributed by atoms with Crippen LogP contribution < -0.4 is 4.74 Å². The van der Waals surface area contributed by atoms with Crippen LogP contribution in [-0.2, 0) is 6.61 Å². The van der Waals surface area contributed by atoms with Gasteiger partial charge in [0.05, 0.1) is 0 Å². The Hall–Kier alpha value is -2.29. The fraction of sp³-hybridized carbons (Fsp3) is 0.188. The van der Waals surface area contributed by atoms with Gasteiger partial charge in [0.2, 0.25) is 0 Å². The summed E-state index contributed by atoms with van der Waals surface area (Å²) >= 11 is 0. The van der Waals surface area contributed by atoms with Crippen LogP contribution in [0.5, 0.6) is 5.75 Å². The third kappa shape index (κ3) is 3.35. The monoisotopic (exact) mass is 254 g/mol. The van der Waals surface area contributed by atoms with Crippen LogP contribution in [0.2, 0.25) is 0 Å². The molecule has 3 heteroatoms. The molecule has 0 saturated carbocycles. The highest BCUT2D eigenvalue weighted by Crippen LogP contribution is 2.21. The summed E-state index contributed by atoms with van der Waals surface area (Å²) < 4.78 is 5.83. The zero-order valence-corrected chi connectivity index (χ0v) is 11.1. The van der Waals surface area contributed by atoms with E-state index in [1.54, 1.807) is 0 Å². The van der Waals surface area contributed by atoms with E-state index in [1.165, 1.54) is 0 Å². The van der Waals surface area contributed by atoms with Crippen LogP contribution in [-0.4, -0.2) is 11.4 Å². The first-order valence-corrected chi connectivity index (χ1v) is 6.09. The molecule has 1 N–H and O–H groups in total. The maximum Gasteiger partial charge on any atom is 0.139 e. The molecule has 0 atom stereocenters. The Labute approximate surface area is 113 Å². The van der Waals surface area contributed by atoms with Gasteiger partial charge in [-0.1, -0.05) is 41.6 Å². The zero-order chi connectivity index (χ0) is 13.7. The van der Waals surface area contributed by atoms with E-state index in [9.17, 15) is 0 Å². The average Bonchev–Trinajstić information content (AvgIpc) is 2.42. The molecule has 2 rings (SSSR count). The van der Waals surface area contributed by atoms with Crippen LogP contribution in [0.4, 0.5) is 0 Å². The second-order valence-electron chi connectivity index (χ2n) is 4.43. The summed E-state index contributed by atoms with van der Waals surface area (Å²) in [5, 5.41) is 11.5. The molecule has 0 unspecified atom stereocenters. The van der Waals surface area contributed by atoms with Gasteiger partial charge in [-0.25, -0.2) is 0 Å². The number of aryl methyl sites for hydroxylation is 2. The summed E-state index contributed by atoms with van der Waals surface area (Å²) in [5.74, 6) is 0.871. The van der Waals surface area contributed by atoms with Gasteiger partial charge in [-0.15, -0.1) is 0 Å². The number of rotatable bonds is 4. The number of benzene rings is 2. The quantitative estimate of drug-likeness (QED) is 0.515. The predicted molar refractivity (Wildman–Crippen MR) is 75.0 cm³/mol. The summed E-state index contributed by atoms with van der Waals surface area (Å²) in [5.41, 5.74) is 3.93. The lowest BCUT2D eigenvalue weighted by molar-refractivity contribution is 0.303. The SMILES string of the molecule is Cc1ccc(C)c(OCc2ccccc2/[C]=N\O)c1. The fourth-order valence-corrected chi connectivity index (χ4v) is 1.83. The van der Waals surface area contributed by atoms with E-state index in [-0.39, 0.29) is 0 Å². The van der Waals surface area contributed by atoms with Crippen molar-refractivity contribution in [3.63, 3.8) is 0 Å². The molecule has 0 heterocycles. The molecule has 0 bridgehead atoms. The smallest absolute Gasteiger partial charge is 0.139 e. The molecule has 19 heavy (non-hydrogen) atoms. The Morgan fingerprint density at radius 1 is 1.16 bits per heavy atom. The fourth-order valence-electron chi connectivity index (χ4n) is 1.83. The van der Waals surface area contributed by atoms with E-state index in [2.05, 4.69) is 17.4 Å². The normalized spacial score (nSPS) is 10.8. The highest BCUT2D eigenvalue weighted by Gasteiger charge is 2.04. The molecule has 0 amide bonds. The minimum absolute atomic E-state index is 0.420. The number of nitrogens with zero attached hydrogens (tertiary/aromatic N) is 1. The first-order valence-electron chi connectivity index (χ1n) is 6.09. The van der Waals surface area contributed by atoms with Gasteiger partial charge in [0, 0.05) is 5.56 Å². The molecule has 0 saturated heterocycles. The zero-order valence-electron chi connectivity index (χ0n) is 11.1. The van der Waals surface area contributed by atoms with E-state index < -0.39 is 0 Å². The third-order valence-corrected chi connectivity index (χ3v) is 2.91. The van der Waals surface area contributed by atoms with E-state index >= 15 is 0 Å². The summed E-state index contributed by atoms with van der Waals surface area (Å²) in [6.45, 7) is 4.47. The Balaban J connectivity index is 2.16. The Kier molecular flexibility index (Phi) is 4.18. The van der Waals surface area contributed by atoms with Gasteiger partial charge in [0.25, 0.3) is 0 Å². The Bertz CT molecular complexity index is 591. The second kappa shape index (κ2) is 6.05. The van der Waals surface area contributed by atoms with Crippen molar-refractivity contribution in [1.82, 2.24) is 0 Å². The second-order valence-corrected chi connectivity index (χ2v) is 4.43. The lowest BCUT2D eigenvalue weighted by Crippen LogP contribution is -2.01. The summed E-state index contributed by atoms with van der Waals surface area (Å²) in [6, 6.07) is 13.7. The summed E-state index contributed by atoms with van der Waals surface area (Å²) in [6.07, 6.45) is 2.54. The lowest BCUT2D eigenvalue weighted by atomic mass is 10.1. The largest absolute Gasteiger partial charge is 0.489 e. The molecule has 97 valence electrons. The first kappa shape index (κ1) is 13.1. The van der Waals surface area contributed by atoms with Crippen molar-refractivity contribution in [2.24, 2.45) is 5.16 Å². The van der Waals surface area contributed by atoms with Crippen molar-refractivity contribution < 1.29 is 9.94 Å². The molecule has 0 aliphatic heterocycles. The predicted octanol–water partition coefficient (Wildman–Crippen LogP) is 3.57. The average molecular weight is 254 g/mol. The summed E-state index contributed by atoms with van der Waals surface area (Å²) in [4.78, 5) is 0. The van der Waals surface area contributed by atoms with Gasteiger partial charge in [0.15, 0.2) is 0 Å². The molecule has 2 aromatic carbocycles. The Morgan fingerprint density at radius 3 is 2.74 bits per heavy atom. The van der Waals surface area contributed by atoms with Gasteiger partial charge in [-0.2, -0.15) is 0 Å². The highest BCUT2D eigenvalue weighted by atomic mass is 16.5. The molecule has 3 nitrogen and oxygen atoms in total. The van der Waals surface area contributed by atoms with Crippen LogP contribution in [0.1, 0.15) is 22.3 Å². The molecule has 0 fully saturated rings. The molecule has 1 radical (unpaired) electrons. The standard InChI is InChI=1S/C16H16NO2/c1-12-7-8-13(2)16(9-12)19-11-15-6-4-3-5-14(15)10-17-18/h3-9,18H,11H2,1-2H3. The number of hydrogen-bond acceptors (Lipinski definition) is 3. The lowest BCUT2D eigenvalue weighted by Gasteiger charge is -2.11. The maximum absolute atomic E-state index is 8.58. The molecule has 0 aromatic heterocycles. The maximum atomic E-state index is 8.58. The Morgan fingerprint density at radius 2 is 1.95 bits per heavy atom. The van der Waals surface area contributed by atoms with Gasteiger partial charge in [0.1, 0.15) is 18.6 Å². The van der Waals surface area contributed by atoms with E-state index in [1.807, 2.05) is 50.2 Å². The van der Waals surface area contributed by atoms with Gasteiger partial charge >= 0.3 is 0 Å². The third-order valence-electron chi connectivity index (χ3n) is 2.91. The molecule has 2 aromatic rings.